The third kappa shape index (κ3) is 3.63. The van der Waals surface area contributed by atoms with E-state index in [1.165, 1.54) is 18.4 Å². The molecule has 0 aromatic heterocycles. The Labute approximate surface area is 104 Å². The van der Waals surface area contributed by atoms with E-state index in [0.717, 1.165) is 24.5 Å². The largest absolute Gasteiger partial charge is 0.496 e. The molecule has 1 aromatic carbocycles. The number of nitrogens with two attached hydrogens (primary N) is 1. The monoisotopic (exact) mass is 236 g/mol. The normalized spacial score (nSPS) is 15.9. The molecular formula is C14H24N2O. The number of nitrogens with one attached hydrogen (secondary N) is 1. The minimum Gasteiger partial charge on any atom is -0.496 e. The summed E-state index contributed by atoms with van der Waals surface area (Å²) in [5, 5.41) is 3.37. The summed E-state index contributed by atoms with van der Waals surface area (Å²) in [5.41, 5.74) is 7.81. The highest BCUT2D eigenvalue weighted by atomic mass is 16.5. The van der Waals surface area contributed by atoms with E-state index in [1.54, 1.807) is 7.11 Å². The molecule has 0 atom stereocenters. The summed E-state index contributed by atoms with van der Waals surface area (Å²) in [7, 11) is 1.71. The van der Waals surface area contributed by atoms with Crippen LogP contribution in [0.1, 0.15) is 38.2 Å². The van der Waals surface area contributed by atoms with Crippen LogP contribution in [0.3, 0.4) is 0 Å². The third-order valence-electron chi connectivity index (χ3n) is 3.04. The van der Waals surface area contributed by atoms with Crippen molar-refractivity contribution in [3.05, 3.63) is 23.8 Å². The molecule has 0 unspecified atom stereocenters. The van der Waals surface area contributed by atoms with E-state index < -0.39 is 0 Å². The molecule has 3 nitrogen and oxygen atoms in total. The van der Waals surface area contributed by atoms with Gasteiger partial charge in [0.25, 0.3) is 0 Å². The Morgan fingerprint density at radius 1 is 1.24 bits per heavy atom. The molecule has 1 aromatic rings. The zero-order chi connectivity index (χ0) is 12.7. The van der Waals surface area contributed by atoms with Crippen molar-refractivity contribution >= 4 is 5.69 Å². The van der Waals surface area contributed by atoms with Crippen molar-refractivity contribution in [1.29, 1.82) is 0 Å². The van der Waals surface area contributed by atoms with Crippen LogP contribution in [0.25, 0.3) is 0 Å². The maximum Gasteiger partial charge on any atom is 0.124 e. The Hall–Kier alpha value is -1.22. The SMILES string of the molecule is CC.COc1cc(N)ccc1C1CCNCC1. The molecule has 1 saturated heterocycles. The molecule has 1 aliphatic heterocycles. The van der Waals surface area contributed by atoms with Crippen LogP contribution in [0.2, 0.25) is 0 Å². The number of ether oxygens (including phenoxy) is 1. The van der Waals surface area contributed by atoms with E-state index >= 15 is 0 Å². The molecule has 0 radical (unpaired) electrons. The predicted octanol–water partition coefficient (Wildman–Crippen LogP) is 2.77. The maximum absolute atomic E-state index is 5.74. The van der Waals surface area contributed by atoms with Gasteiger partial charge in [0.1, 0.15) is 5.75 Å². The Morgan fingerprint density at radius 2 is 1.88 bits per heavy atom. The van der Waals surface area contributed by atoms with Crippen LogP contribution in [-0.2, 0) is 0 Å². The van der Waals surface area contributed by atoms with E-state index in [1.807, 2.05) is 26.0 Å². The van der Waals surface area contributed by atoms with Gasteiger partial charge in [-0.05, 0) is 43.5 Å². The van der Waals surface area contributed by atoms with Gasteiger partial charge in [0.2, 0.25) is 0 Å². The van der Waals surface area contributed by atoms with Gasteiger partial charge in [-0.15, -0.1) is 0 Å². The zero-order valence-electron chi connectivity index (χ0n) is 11.1. The number of hydrogen-bond donors (Lipinski definition) is 2. The van der Waals surface area contributed by atoms with Gasteiger partial charge >= 0.3 is 0 Å². The quantitative estimate of drug-likeness (QED) is 0.776. The Morgan fingerprint density at radius 3 is 2.47 bits per heavy atom. The first-order valence-corrected chi connectivity index (χ1v) is 6.45. The first kappa shape index (κ1) is 13.8. The first-order chi connectivity index (χ1) is 8.31. The van der Waals surface area contributed by atoms with Crippen LogP contribution in [-0.4, -0.2) is 20.2 Å². The van der Waals surface area contributed by atoms with Crippen LogP contribution < -0.4 is 15.8 Å². The Kier molecular flexibility index (Phi) is 5.84. The molecule has 0 saturated carbocycles. The van der Waals surface area contributed by atoms with Gasteiger partial charge in [0, 0.05) is 11.8 Å². The summed E-state index contributed by atoms with van der Waals surface area (Å²) < 4.78 is 5.38. The molecule has 1 heterocycles. The third-order valence-corrected chi connectivity index (χ3v) is 3.04. The first-order valence-electron chi connectivity index (χ1n) is 6.45. The van der Waals surface area contributed by atoms with Crippen molar-refractivity contribution in [2.24, 2.45) is 0 Å². The lowest BCUT2D eigenvalue weighted by Gasteiger charge is -2.24. The molecule has 0 amide bonds. The minimum absolute atomic E-state index is 0.613. The highest BCUT2D eigenvalue weighted by Gasteiger charge is 2.18. The molecule has 0 spiro atoms. The highest BCUT2D eigenvalue weighted by molar-refractivity contribution is 5.49. The smallest absolute Gasteiger partial charge is 0.124 e. The topological polar surface area (TPSA) is 47.3 Å². The highest BCUT2D eigenvalue weighted by Crippen LogP contribution is 2.33. The van der Waals surface area contributed by atoms with Crippen LogP contribution in [0.4, 0.5) is 5.69 Å². The summed E-state index contributed by atoms with van der Waals surface area (Å²) in [6.45, 7) is 6.19. The fraction of sp³-hybridized carbons (Fsp3) is 0.571. The Bertz CT molecular complexity index is 333. The lowest BCUT2D eigenvalue weighted by Crippen LogP contribution is -2.26. The van der Waals surface area contributed by atoms with Gasteiger partial charge in [-0.3, -0.25) is 0 Å². The maximum atomic E-state index is 5.74. The molecule has 3 N–H and O–H groups in total. The standard InChI is InChI=1S/C12H18N2O.C2H6/c1-15-12-8-10(13)2-3-11(12)9-4-6-14-7-5-9;1-2/h2-3,8-9,14H,4-7,13H2,1H3;1-2H3. The summed E-state index contributed by atoms with van der Waals surface area (Å²) >= 11 is 0. The van der Waals surface area contributed by atoms with Gasteiger partial charge in [-0.2, -0.15) is 0 Å². The van der Waals surface area contributed by atoms with Crippen molar-refractivity contribution in [2.75, 3.05) is 25.9 Å². The molecular weight excluding hydrogens is 212 g/mol. The van der Waals surface area contributed by atoms with Crippen molar-refractivity contribution in [3.63, 3.8) is 0 Å². The average molecular weight is 236 g/mol. The summed E-state index contributed by atoms with van der Waals surface area (Å²) in [6.07, 6.45) is 2.36. The van der Waals surface area contributed by atoms with E-state index in [-0.39, 0.29) is 0 Å². The number of hydrogen-bond acceptors (Lipinski definition) is 3. The summed E-state index contributed by atoms with van der Waals surface area (Å²) in [5.74, 6) is 1.55. The molecule has 96 valence electrons. The second-order valence-electron chi connectivity index (χ2n) is 4.03. The van der Waals surface area contributed by atoms with Gasteiger partial charge in [0.15, 0.2) is 0 Å². The number of piperidine rings is 1. The second-order valence-corrected chi connectivity index (χ2v) is 4.03. The fourth-order valence-corrected chi connectivity index (χ4v) is 2.20. The molecule has 0 bridgehead atoms. The number of nitrogen functional groups attached to an aromatic ring is 1. The Balaban J connectivity index is 0.000000686. The molecule has 3 heteroatoms. The van der Waals surface area contributed by atoms with Crippen LogP contribution in [0.5, 0.6) is 5.75 Å². The van der Waals surface area contributed by atoms with Crippen LogP contribution in [0.15, 0.2) is 18.2 Å². The van der Waals surface area contributed by atoms with Gasteiger partial charge in [-0.1, -0.05) is 19.9 Å². The van der Waals surface area contributed by atoms with Gasteiger partial charge < -0.3 is 15.8 Å². The minimum atomic E-state index is 0.613. The van der Waals surface area contributed by atoms with E-state index in [9.17, 15) is 0 Å². The number of anilines is 1. The van der Waals surface area contributed by atoms with Gasteiger partial charge in [-0.25, -0.2) is 0 Å². The molecule has 2 rings (SSSR count). The fourth-order valence-electron chi connectivity index (χ4n) is 2.20. The molecule has 17 heavy (non-hydrogen) atoms. The molecule has 0 aliphatic carbocycles. The number of methoxy groups -OCH3 is 1. The molecule has 1 aliphatic rings. The van der Waals surface area contributed by atoms with Gasteiger partial charge in [0.05, 0.1) is 7.11 Å². The average Bonchev–Trinajstić information content (AvgIpc) is 2.42. The zero-order valence-corrected chi connectivity index (χ0v) is 11.1. The predicted molar refractivity (Wildman–Crippen MR) is 73.6 cm³/mol. The van der Waals surface area contributed by atoms with Crippen molar-refractivity contribution in [3.8, 4) is 5.75 Å². The van der Waals surface area contributed by atoms with E-state index in [2.05, 4.69) is 11.4 Å². The lowest BCUT2D eigenvalue weighted by atomic mass is 9.89. The van der Waals surface area contributed by atoms with Crippen LogP contribution in [0, 0.1) is 0 Å². The van der Waals surface area contributed by atoms with Crippen LogP contribution >= 0.6 is 0 Å². The van der Waals surface area contributed by atoms with E-state index in [0.29, 0.717) is 5.92 Å². The number of benzene rings is 1. The number of rotatable bonds is 2. The van der Waals surface area contributed by atoms with E-state index in [4.69, 9.17) is 10.5 Å². The van der Waals surface area contributed by atoms with Crippen molar-refractivity contribution in [1.82, 2.24) is 5.32 Å². The summed E-state index contributed by atoms with van der Waals surface area (Å²) in [4.78, 5) is 0. The lowest BCUT2D eigenvalue weighted by molar-refractivity contribution is 0.392. The summed E-state index contributed by atoms with van der Waals surface area (Å²) in [6, 6.07) is 5.97. The van der Waals surface area contributed by atoms with Crippen molar-refractivity contribution < 1.29 is 4.74 Å². The van der Waals surface area contributed by atoms with Crippen molar-refractivity contribution in [2.45, 2.75) is 32.6 Å². The molecule has 1 fully saturated rings. The second kappa shape index (κ2) is 7.17.